The Labute approximate surface area is 153 Å². The van der Waals surface area contributed by atoms with E-state index in [1.54, 1.807) is 24.3 Å². The maximum Gasteiger partial charge on any atom is 0.160 e. The number of aromatic hydroxyl groups is 1. The lowest BCUT2D eigenvalue weighted by molar-refractivity contribution is 0.0160. The number of hydrogen-bond acceptors (Lipinski definition) is 5. The molecule has 0 bridgehead atoms. The van der Waals surface area contributed by atoms with Crippen molar-refractivity contribution in [1.29, 1.82) is 0 Å². The van der Waals surface area contributed by atoms with Gasteiger partial charge < -0.3 is 19.9 Å². The lowest BCUT2D eigenvalue weighted by atomic mass is 10.0. The summed E-state index contributed by atoms with van der Waals surface area (Å²) in [5.74, 6) is 0.363. The zero-order chi connectivity index (χ0) is 18.4. The molecule has 1 saturated heterocycles. The number of morpholine rings is 1. The highest BCUT2D eigenvalue weighted by Crippen LogP contribution is 2.26. The highest BCUT2D eigenvalue weighted by molar-refractivity contribution is 5.41. The molecule has 1 aliphatic rings. The number of rotatable bonds is 7. The van der Waals surface area contributed by atoms with Crippen molar-refractivity contribution in [3.05, 3.63) is 59.4 Å². The fraction of sp³-hybridized carbons (Fsp3) is 0.400. The van der Waals surface area contributed by atoms with Gasteiger partial charge in [-0.25, -0.2) is 4.39 Å². The summed E-state index contributed by atoms with van der Waals surface area (Å²) >= 11 is 0. The van der Waals surface area contributed by atoms with E-state index in [0.29, 0.717) is 32.1 Å². The van der Waals surface area contributed by atoms with Gasteiger partial charge in [-0.05, 0) is 35.4 Å². The molecule has 0 saturated carbocycles. The molecule has 2 N–H and O–H groups in total. The fourth-order valence-corrected chi connectivity index (χ4v) is 3.26. The predicted octanol–water partition coefficient (Wildman–Crippen LogP) is 2.70. The van der Waals surface area contributed by atoms with E-state index >= 15 is 0 Å². The van der Waals surface area contributed by atoms with Gasteiger partial charge in [0, 0.05) is 32.2 Å². The van der Waals surface area contributed by atoms with Crippen LogP contribution in [0.2, 0.25) is 0 Å². The van der Waals surface area contributed by atoms with Gasteiger partial charge in [0.05, 0.1) is 20.3 Å². The van der Waals surface area contributed by atoms with E-state index in [1.165, 1.54) is 13.2 Å². The second-order valence-corrected chi connectivity index (χ2v) is 6.36. The smallest absolute Gasteiger partial charge is 0.160 e. The summed E-state index contributed by atoms with van der Waals surface area (Å²) < 4.78 is 24.2. The Kier molecular flexibility index (Phi) is 6.44. The average molecular weight is 360 g/mol. The quantitative estimate of drug-likeness (QED) is 0.795. The van der Waals surface area contributed by atoms with Crippen molar-refractivity contribution in [1.82, 2.24) is 10.2 Å². The zero-order valence-electron chi connectivity index (χ0n) is 15.0. The number of ether oxygens (including phenoxy) is 2. The van der Waals surface area contributed by atoms with Crippen LogP contribution in [0.15, 0.2) is 42.5 Å². The Morgan fingerprint density at radius 3 is 2.73 bits per heavy atom. The van der Waals surface area contributed by atoms with Crippen molar-refractivity contribution in [3.63, 3.8) is 0 Å². The van der Waals surface area contributed by atoms with Crippen LogP contribution >= 0.6 is 0 Å². The summed E-state index contributed by atoms with van der Waals surface area (Å²) in [6, 6.07) is 12.2. The van der Waals surface area contributed by atoms with Gasteiger partial charge in [0.2, 0.25) is 0 Å². The van der Waals surface area contributed by atoms with Gasteiger partial charge >= 0.3 is 0 Å². The van der Waals surface area contributed by atoms with Gasteiger partial charge in [-0.3, -0.25) is 4.90 Å². The van der Waals surface area contributed by atoms with E-state index in [-0.39, 0.29) is 17.6 Å². The minimum Gasteiger partial charge on any atom is -0.504 e. The van der Waals surface area contributed by atoms with E-state index < -0.39 is 0 Å². The summed E-state index contributed by atoms with van der Waals surface area (Å²) in [6.07, 6.45) is 0. The maximum absolute atomic E-state index is 13.7. The number of nitrogens with one attached hydrogen (secondary N) is 1. The second-order valence-electron chi connectivity index (χ2n) is 6.36. The lowest BCUT2D eigenvalue weighted by Crippen LogP contribution is -2.42. The van der Waals surface area contributed by atoms with Crippen LogP contribution in [-0.2, 0) is 11.3 Å². The molecule has 2 aromatic carbocycles. The van der Waals surface area contributed by atoms with Crippen molar-refractivity contribution < 1.29 is 19.0 Å². The summed E-state index contributed by atoms with van der Waals surface area (Å²) in [5.41, 5.74) is 1.92. The molecule has 2 aromatic rings. The summed E-state index contributed by atoms with van der Waals surface area (Å²) in [5, 5.41) is 13.3. The van der Waals surface area contributed by atoms with Crippen LogP contribution in [0, 0.1) is 5.82 Å². The van der Waals surface area contributed by atoms with Crippen molar-refractivity contribution in [3.8, 4) is 11.5 Å². The van der Waals surface area contributed by atoms with Gasteiger partial charge in [0.25, 0.3) is 0 Å². The van der Waals surface area contributed by atoms with Gasteiger partial charge in [0.1, 0.15) is 5.82 Å². The normalized spacial score (nSPS) is 16.4. The van der Waals surface area contributed by atoms with Crippen molar-refractivity contribution in [2.75, 3.05) is 40.0 Å². The summed E-state index contributed by atoms with van der Waals surface area (Å²) in [7, 11) is 1.53. The average Bonchev–Trinajstić information content (AvgIpc) is 2.66. The van der Waals surface area contributed by atoms with Crippen molar-refractivity contribution >= 4 is 0 Å². The molecule has 3 rings (SSSR count). The van der Waals surface area contributed by atoms with Crippen LogP contribution in [0.4, 0.5) is 4.39 Å². The van der Waals surface area contributed by atoms with Crippen molar-refractivity contribution in [2.24, 2.45) is 0 Å². The molecule has 0 aliphatic carbocycles. The molecular formula is C20H25FN2O3. The molecule has 1 fully saturated rings. The first-order chi connectivity index (χ1) is 12.7. The number of phenols is 1. The van der Waals surface area contributed by atoms with Crippen molar-refractivity contribution in [2.45, 2.75) is 12.6 Å². The molecule has 0 spiro atoms. The lowest BCUT2D eigenvalue weighted by Gasteiger charge is -2.35. The van der Waals surface area contributed by atoms with E-state index in [9.17, 15) is 9.50 Å². The molecule has 140 valence electrons. The molecule has 0 amide bonds. The zero-order valence-corrected chi connectivity index (χ0v) is 15.0. The Hall–Kier alpha value is -2.15. The Morgan fingerprint density at radius 2 is 2.04 bits per heavy atom. The van der Waals surface area contributed by atoms with Gasteiger partial charge in [-0.1, -0.05) is 18.2 Å². The third kappa shape index (κ3) is 4.72. The number of phenolic OH excluding ortho intramolecular Hbond substituents is 1. The molecule has 6 heteroatoms. The van der Waals surface area contributed by atoms with Crippen LogP contribution < -0.4 is 10.1 Å². The van der Waals surface area contributed by atoms with Crippen LogP contribution in [0.3, 0.4) is 0 Å². The molecule has 0 radical (unpaired) electrons. The van der Waals surface area contributed by atoms with E-state index in [4.69, 9.17) is 9.47 Å². The minimum atomic E-state index is -0.221. The first kappa shape index (κ1) is 18.6. The molecule has 1 aliphatic heterocycles. The van der Waals surface area contributed by atoms with Gasteiger partial charge in [0.15, 0.2) is 11.5 Å². The topological polar surface area (TPSA) is 54.0 Å². The SMILES string of the molecule is COc1ccc(CNC[C@@H](c2cccc(F)c2)N2CCOCC2)cc1O. The molecule has 5 nitrogen and oxygen atoms in total. The first-order valence-corrected chi connectivity index (χ1v) is 8.81. The van der Waals surface area contributed by atoms with E-state index in [1.807, 2.05) is 12.1 Å². The number of nitrogens with zero attached hydrogens (tertiary/aromatic N) is 1. The molecular weight excluding hydrogens is 335 g/mol. The number of benzene rings is 2. The summed E-state index contributed by atoms with van der Waals surface area (Å²) in [4.78, 5) is 2.32. The maximum atomic E-state index is 13.7. The third-order valence-corrected chi connectivity index (χ3v) is 4.63. The van der Waals surface area contributed by atoms with Crippen LogP contribution in [0.25, 0.3) is 0 Å². The van der Waals surface area contributed by atoms with Crippen LogP contribution in [0.5, 0.6) is 11.5 Å². The fourth-order valence-electron chi connectivity index (χ4n) is 3.26. The first-order valence-electron chi connectivity index (χ1n) is 8.81. The third-order valence-electron chi connectivity index (χ3n) is 4.63. The molecule has 1 atom stereocenters. The standard InChI is InChI=1S/C20H25FN2O3/c1-25-20-6-5-15(11-19(20)24)13-22-14-18(23-7-9-26-10-8-23)16-3-2-4-17(21)12-16/h2-6,11-12,18,22,24H,7-10,13-14H2,1H3/t18-/m0/s1. The Bertz CT molecular complexity index is 720. The van der Waals surface area contributed by atoms with Gasteiger partial charge in [-0.2, -0.15) is 0 Å². The van der Waals surface area contributed by atoms with E-state index in [0.717, 1.165) is 24.2 Å². The van der Waals surface area contributed by atoms with Crippen LogP contribution in [0.1, 0.15) is 17.2 Å². The Morgan fingerprint density at radius 1 is 1.23 bits per heavy atom. The second kappa shape index (κ2) is 8.98. The molecule has 1 heterocycles. The minimum absolute atomic E-state index is 0.0708. The highest BCUT2D eigenvalue weighted by Gasteiger charge is 2.22. The monoisotopic (exact) mass is 360 g/mol. The van der Waals surface area contributed by atoms with Gasteiger partial charge in [-0.15, -0.1) is 0 Å². The van der Waals surface area contributed by atoms with Crippen LogP contribution in [-0.4, -0.2) is 50.0 Å². The summed E-state index contributed by atoms with van der Waals surface area (Å²) in [6.45, 7) is 4.32. The largest absolute Gasteiger partial charge is 0.504 e. The number of hydrogen-bond donors (Lipinski definition) is 2. The molecule has 0 aromatic heterocycles. The molecule has 0 unspecified atom stereocenters. The number of halogens is 1. The number of methoxy groups -OCH3 is 1. The molecule has 26 heavy (non-hydrogen) atoms. The van der Waals surface area contributed by atoms with E-state index in [2.05, 4.69) is 10.2 Å². The Balaban J connectivity index is 1.66. The predicted molar refractivity (Wildman–Crippen MR) is 97.9 cm³/mol. The highest BCUT2D eigenvalue weighted by atomic mass is 19.1.